The molecule has 0 amide bonds. The highest BCUT2D eigenvalue weighted by atomic mass is 14.8. The maximum absolute atomic E-state index is 5.73. The Morgan fingerprint density at radius 3 is 1.33 bits per heavy atom. The standard InChI is InChI=1S/C22H48N2/c1-3-4-5-6-7-8-9-10-11-12-13-14-15-16-17-18-20-24-21-19-22(2)23/h22,24H,3-21,23H2,1-2H3. The minimum absolute atomic E-state index is 0.336. The highest BCUT2D eigenvalue weighted by molar-refractivity contribution is 4.56. The van der Waals surface area contributed by atoms with Crippen molar-refractivity contribution in [1.82, 2.24) is 5.32 Å². The zero-order chi connectivity index (χ0) is 17.7. The highest BCUT2D eigenvalue weighted by Crippen LogP contribution is 2.13. The Hall–Kier alpha value is -0.0800. The summed E-state index contributed by atoms with van der Waals surface area (Å²) < 4.78 is 0. The first-order chi connectivity index (χ1) is 11.8. The fourth-order valence-corrected chi connectivity index (χ4v) is 3.25. The molecule has 0 spiro atoms. The Bertz CT molecular complexity index is 216. The molecule has 0 aromatic heterocycles. The summed E-state index contributed by atoms with van der Waals surface area (Å²) in [5.74, 6) is 0. The minimum Gasteiger partial charge on any atom is -0.328 e. The molecule has 0 saturated carbocycles. The van der Waals surface area contributed by atoms with Crippen molar-refractivity contribution in [3.05, 3.63) is 0 Å². The molecular formula is C22H48N2. The van der Waals surface area contributed by atoms with Crippen LogP contribution in [-0.2, 0) is 0 Å². The van der Waals surface area contributed by atoms with Gasteiger partial charge in [-0.25, -0.2) is 0 Å². The summed E-state index contributed by atoms with van der Waals surface area (Å²) in [6, 6.07) is 0.336. The Morgan fingerprint density at radius 1 is 0.583 bits per heavy atom. The molecule has 0 radical (unpaired) electrons. The summed E-state index contributed by atoms with van der Waals surface area (Å²) in [5, 5.41) is 3.49. The van der Waals surface area contributed by atoms with E-state index < -0.39 is 0 Å². The van der Waals surface area contributed by atoms with Crippen molar-refractivity contribution in [2.75, 3.05) is 13.1 Å². The van der Waals surface area contributed by atoms with Crippen LogP contribution in [0.2, 0.25) is 0 Å². The second-order valence-electron chi connectivity index (χ2n) is 7.82. The topological polar surface area (TPSA) is 38.0 Å². The van der Waals surface area contributed by atoms with Gasteiger partial charge in [-0.2, -0.15) is 0 Å². The average Bonchev–Trinajstić information content (AvgIpc) is 2.56. The van der Waals surface area contributed by atoms with Crippen molar-refractivity contribution in [2.24, 2.45) is 5.73 Å². The number of nitrogens with two attached hydrogens (primary N) is 1. The quantitative estimate of drug-likeness (QED) is 0.246. The van der Waals surface area contributed by atoms with Crippen LogP contribution >= 0.6 is 0 Å². The zero-order valence-corrected chi connectivity index (χ0v) is 17.1. The molecule has 0 aliphatic rings. The van der Waals surface area contributed by atoms with Crippen molar-refractivity contribution in [2.45, 2.75) is 129 Å². The van der Waals surface area contributed by atoms with Gasteiger partial charge in [0.2, 0.25) is 0 Å². The van der Waals surface area contributed by atoms with Crippen molar-refractivity contribution in [1.29, 1.82) is 0 Å². The third kappa shape index (κ3) is 21.9. The summed E-state index contributed by atoms with van der Waals surface area (Å²) >= 11 is 0. The van der Waals surface area contributed by atoms with Gasteiger partial charge in [0.05, 0.1) is 0 Å². The second-order valence-corrected chi connectivity index (χ2v) is 7.82. The number of rotatable bonds is 20. The third-order valence-electron chi connectivity index (χ3n) is 4.98. The molecule has 0 heterocycles. The molecule has 1 atom stereocenters. The first-order valence-corrected chi connectivity index (χ1v) is 11.2. The van der Waals surface area contributed by atoms with Gasteiger partial charge in [-0.15, -0.1) is 0 Å². The molecule has 146 valence electrons. The normalized spacial score (nSPS) is 12.6. The molecule has 0 fully saturated rings. The van der Waals surface area contributed by atoms with Gasteiger partial charge < -0.3 is 11.1 Å². The molecule has 3 N–H and O–H groups in total. The van der Waals surface area contributed by atoms with E-state index in [4.69, 9.17) is 5.73 Å². The first-order valence-electron chi connectivity index (χ1n) is 11.2. The van der Waals surface area contributed by atoms with E-state index in [0.717, 1.165) is 13.0 Å². The lowest BCUT2D eigenvalue weighted by Crippen LogP contribution is -2.24. The van der Waals surface area contributed by atoms with Crippen LogP contribution in [0.15, 0.2) is 0 Å². The largest absolute Gasteiger partial charge is 0.328 e. The van der Waals surface area contributed by atoms with Crippen molar-refractivity contribution in [3.63, 3.8) is 0 Å². The summed E-state index contributed by atoms with van der Waals surface area (Å²) in [6.45, 7) is 6.63. The van der Waals surface area contributed by atoms with E-state index in [2.05, 4.69) is 19.2 Å². The molecule has 0 bridgehead atoms. The van der Waals surface area contributed by atoms with Crippen molar-refractivity contribution >= 4 is 0 Å². The van der Waals surface area contributed by atoms with Gasteiger partial charge in [-0.1, -0.05) is 103 Å². The molecule has 1 unspecified atom stereocenters. The van der Waals surface area contributed by atoms with Crippen LogP contribution in [0.1, 0.15) is 123 Å². The van der Waals surface area contributed by atoms with Gasteiger partial charge in [0.15, 0.2) is 0 Å². The summed E-state index contributed by atoms with van der Waals surface area (Å²) in [4.78, 5) is 0. The van der Waals surface area contributed by atoms with Crippen LogP contribution in [0.3, 0.4) is 0 Å². The monoisotopic (exact) mass is 340 g/mol. The number of hydrogen-bond donors (Lipinski definition) is 2. The maximum atomic E-state index is 5.73. The molecule has 2 nitrogen and oxygen atoms in total. The fourth-order valence-electron chi connectivity index (χ4n) is 3.25. The molecular weight excluding hydrogens is 292 g/mol. The van der Waals surface area contributed by atoms with E-state index in [1.807, 2.05) is 0 Å². The van der Waals surface area contributed by atoms with Crippen LogP contribution in [0, 0.1) is 0 Å². The van der Waals surface area contributed by atoms with E-state index >= 15 is 0 Å². The summed E-state index contributed by atoms with van der Waals surface area (Å²) in [6.07, 6.45) is 24.2. The second kappa shape index (κ2) is 21.0. The molecule has 24 heavy (non-hydrogen) atoms. The number of nitrogens with one attached hydrogen (secondary N) is 1. The predicted octanol–water partition coefficient (Wildman–Crippen LogP) is 6.57. The van der Waals surface area contributed by atoms with Crippen LogP contribution in [0.5, 0.6) is 0 Å². The Morgan fingerprint density at radius 2 is 0.958 bits per heavy atom. The van der Waals surface area contributed by atoms with E-state index in [0.29, 0.717) is 6.04 Å². The lowest BCUT2D eigenvalue weighted by molar-refractivity contribution is 0.521. The van der Waals surface area contributed by atoms with Crippen LogP contribution in [0.25, 0.3) is 0 Å². The third-order valence-corrected chi connectivity index (χ3v) is 4.98. The lowest BCUT2D eigenvalue weighted by atomic mass is 10.0. The van der Waals surface area contributed by atoms with Gasteiger partial charge in [0, 0.05) is 6.04 Å². The van der Waals surface area contributed by atoms with Gasteiger partial charge in [-0.05, 0) is 32.9 Å². The number of unbranched alkanes of at least 4 members (excludes halogenated alkanes) is 15. The van der Waals surface area contributed by atoms with E-state index in [1.54, 1.807) is 0 Å². The van der Waals surface area contributed by atoms with Gasteiger partial charge >= 0.3 is 0 Å². The summed E-state index contributed by atoms with van der Waals surface area (Å²) in [7, 11) is 0. The van der Waals surface area contributed by atoms with Gasteiger partial charge in [0.25, 0.3) is 0 Å². The molecule has 0 aromatic carbocycles. The Balaban J connectivity index is 2.95. The summed E-state index contributed by atoms with van der Waals surface area (Å²) in [5.41, 5.74) is 5.73. The van der Waals surface area contributed by atoms with E-state index in [1.165, 1.54) is 109 Å². The van der Waals surface area contributed by atoms with Gasteiger partial charge in [0.1, 0.15) is 0 Å². The highest BCUT2D eigenvalue weighted by Gasteiger charge is 1.95. The SMILES string of the molecule is CCCCCCCCCCCCCCCCCCNCCC(C)N. The fraction of sp³-hybridized carbons (Fsp3) is 1.00. The van der Waals surface area contributed by atoms with Crippen molar-refractivity contribution in [3.8, 4) is 0 Å². The van der Waals surface area contributed by atoms with Crippen LogP contribution in [-0.4, -0.2) is 19.1 Å². The van der Waals surface area contributed by atoms with Crippen LogP contribution < -0.4 is 11.1 Å². The van der Waals surface area contributed by atoms with Crippen LogP contribution in [0.4, 0.5) is 0 Å². The maximum Gasteiger partial charge on any atom is 0.00225 e. The smallest absolute Gasteiger partial charge is 0.00225 e. The Labute approximate surface area is 153 Å². The van der Waals surface area contributed by atoms with E-state index in [-0.39, 0.29) is 0 Å². The van der Waals surface area contributed by atoms with Gasteiger partial charge in [-0.3, -0.25) is 0 Å². The predicted molar refractivity (Wildman–Crippen MR) is 111 cm³/mol. The molecule has 0 rings (SSSR count). The lowest BCUT2D eigenvalue weighted by Gasteiger charge is -2.07. The molecule has 0 saturated heterocycles. The first kappa shape index (κ1) is 23.9. The zero-order valence-electron chi connectivity index (χ0n) is 17.1. The minimum atomic E-state index is 0.336. The molecule has 0 aliphatic carbocycles. The van der Waals surface area contributed by atoms with Crippen molar-refractivity contribution < 1.29 is 0 Å². The molecule has 0 aliphatic heterocycles. The van der Waals surface area contributed by atoms with E-state index in [9.17, 15) is 0 Å². The average molecular weight is 341 g/mol. The number of hydrogen-bond acceptors (Lipinski definition) is 2. The Kier molecular flexibility index (Phi) is 20.9. The molecule has 0 aromatic rings. The molecule has 2 heteroatoms.